The summed E-state index contributed by atoms with van der Waals surface area (Å²) in [6, 6.07) is 4.07. The Kier molecular flexibility index (Phi) is 3.86. The Morgan fingerprint density at radius 3 is 2.55 bits per heavy atom. The van der Waals surface area contributed by atoms with E-state index in [-0.39, 0.29) is 11.5 Å². The van der Waals surface area contributed by atoms with E-state index in [0.717, 1.165) is 27.1 Å². The van der Waals surface area contributed by atoms with Crippen LogP contribution in [0.3, 0.4) is 0 Å². The minimum absolute atomic E-state index is 0.0651. The van der Waals surface area contributed by atoms with Crippen molar-refractivity contribution in [3.05, 3.63) is 22.2 Å². The van der Waals surface area contributed by atoms with Gasteiger partial charge in [-0.05, 0) is 47.4 Å². The molecule has 1 heterocycles. The van der Waals surface area contributed by atoms with Crippen LogP contribution in [0.1, 0.15) is 39.3 Å². The number of tetrazole rings is 1. The van der Waals surface area contributed by atoms with E-state index in [2.05, 4.69) is 59.2 Å². The number of aromatic nitrogens is 4. The average Bonchev–Trinajstić information content (AvgIpc) is 2.80. The van der Waals surface area contributed by atoms with E-state index in [4.69, 9.17) is 5.73 Å². The van der Waals surface area contributed by atoms with Gasteiger partial charge in [0.2, 0.25) is 0 Å². The van der Waals surface area contributed by atoms with Gasteiger partial charge in [-0.15, -0.1) is 5.10 Å². The van der Waals surface area contributed by atoms with Gasteiger partial charge in [-0.2, -0.15) is 0 Å². The molecule has 0 aliphatic rings. The lowest BCUT2D eigenvalue weighted by Gasteiger charge is -2.27. The van der Waals surface area contributed by atoms with Crippen LogP contribution in [-0.2, 0) is 0 Å². The fourth-order valence-electron chi connectivity index (χ4n) is 1.93. The molecule has 1 aromatic carbocycles. The third-order valence-corrected chi connectivity index (χ3v) is 4.22. The van der Waals surface area contributed by atoms with Crippen LogP contribution in [0.15, 0.2) is 16.6 Å². The molecule has 2 N–H and O–H groups in total. The molecule has 0 aliphatic carbocycles. The zero-order valence-corrected chi connectivity index (χ0v) is 14.1. The molecule has 0 saturated carbocycles. The van der Waals surface area contributed by atoms with E-state index < -0.39 is 0 Å². The second-order valence-electron chi connectivity index (χ2n) is 6.16. The molecule has 108 valence electrons. The van der Waals surface area contributed by atoms with Gasteiger partial charge in [0.15, 0.2) is 5.82 Å². The lowest BCUT2D eigenvalue weighted by Crippen LogP contribution is -2.23. The molecular formula is C14H20BrN5. The lowest BCUT2D eigenvalue weighted by atomic mass is 9.88. The number of nitrogen functional groups attached to an aromatic ring is 1. The van der Waals surface area contributed by atoms with Crippen molar-refractivity contribution in [2.75, 3.05) is 5.73 Å². The number of hydrogen-bond acceptors (Lipinski definition) is 4. The molecule has 0 radical (unpaired) electrons. The summed E-state index contributed by atoms with van der Waals surface area (Å²) in [4.78, 5) is 0. The summed E-state index contributed by atoms with van der Waals surface area (Å²) in [5.74, 6) is 0.748. The topological polar surface area (TPSA) is 69.6 Å². The first-order chi connectivity index (χ1) is 9.21. The van der Waals surface area contributed by atoms with Gasteiger partial charge >= 0.3 is 0 Å². The second-order valence-corrected chi connectivity index (χ2v) is 7.07. The first-order valence-corrected chi connectivity index (χ1v) is 7.35. The standard InChI is InChI=1S/C14H20BrN5/c1-8-11(6-10(15)7-12(8)16)13-17-18-19-20(13)9(2)14(3,4)5/h6-7,9H,16H2,1-5H3. The summed E-state index contributed by atoms with van der Waals surface area (Å²) in [7, 11) is 0. The van der Waals surface area contributed by atoms with Crippen LogP contribution in [0.5, 0.6) is 0 Å². The van der Waals surface area contributed by atoms with E-state index in [0.29, 0.717) is 0 Å². The summed E-state index contributed by atoms with van der Waals surface area (Å²) in [6.07, 6.45) is 0. The number of anilines is 1. The molecule has 0 aliphatic heterocycles. The molecule has 2 aromatic rings. The maximum absolute atomic E-state index is 6.03. The minimum atomic E-state index is 0.0651. The van der Waals surface area contributed by atoms with E-state index in [9.17, 15) is 0 Å². The number of nitrogens with two attached hydrogens (primary N) is 1. The molecule has 0 bridgehead atoms. The molecule has 0 fully saturated rings. The molecule has 1 atom stereocenters. The zero-order chi connectivity index (χ0) is 15.1. The van der Waals surface area contributed by atoms with Crippen molar-refractivity contribution < 1.29 is 0 Å². The Bertz CT molecular complexity index is 627. The highest BCUT2D eigenvalue weighted by Gasteiger charge is 2.26. The molecule has 1 unspecified atom stereocenters. The van der Waals surface area contributed by atoms with Crippen molar-refractivity contribution in [3.63, 3.8) is 0 Å². The number of rotatable bonds is 2. The molecule has 6 heteroatoms. The Morgan fingerprint density at radius 2 is 1.95 bits per heavy atom. The van der Waals surface area contributed by atoms with Gasteiger partial charge in [-0.25, -0.2) is 4.68 Å². The van der Waals surface area contributed by atoms with Crippen LogP contribution in [-0.4, -0.2) is 20.2 Å². The van der Waals surface area contributed by atoms with Gasteiger partial charge in [0.25, 0.3) is 0 Å². The van der Waals surface area contributed by atoms with E-state index in [1.165, 1.54) is 0 Å². The van der Waals surface area contributed by atoms with Crippen LogP contribution < -0.4 is 5.73 Å². The number of nitrogens with zero attached hydrogens (tertiary/aromatic N) is 4. The Labute approximate surface area is 127 Å². The van der Waals surface area contributed by atoms with Gasteiger partial charge in [-0.3, -0.25) is 0 Å². The third-order valence-electron chi connectivity index (χ3n) is 3.77. The molecular weight excluding hydrogens is 318 g/mol. The first-order valence-electron chi connectivity index (χ1n) is 6.55. The average molecular weight is 338 g/mol. The van der Waals surface area contributed by atoms with Crippen molar-refractivity contribution in [3.8, 4) is 11.4 Å². The predicted octanol–water partition coefficient (Wildman–Crippen LogP) is 3.60. The summed E-state index contributed by atoms with van der Waals surface area (Å²) >= 11 is 3.48. The molecule has 2 rings (SSSR count). The molecule has 5 nitrogen and oxygen atoms in total. The third kappa shape index (κ3) is 2.70. The lowest BCUT2D eigenvalue weighted by molar-refractivity contribution is 0.243. The van der Waals surface area contributed by atoms with E-state index in [1.54, 1.807) is 0 Å². The summed E-state index contributed by atoms with van der Waals surface area (Å²) in [5.41, 5.74) is 8.77. The number of hydrogen-bond donors (Lipinski definition) is 1. The maximum atomic E-state index is 6.03. The van der Waals surface area contributed by atoms with Crippen LogP contribution in [0.4, 0.5) is 5.69 Å². The second kappa shape index (κ2) is 5.16. The van der Waals surface area contributed by atoms with Gasteiger partial charge in [0, 0.05) is 15.7 Å². The SMILES string of the molecule is Cc1c(N)cc(Br)cc1-c1nnnn1C(C)C(C)(C)C. The Hall–Kier alpha value is -1.43. The molecule has 20 heavy (non-hydrogen) atoms. The van der Waals surface area contributed by atoms with Crippen molar-refractivity contribution in [1.82, 2.24) is 20.2 Å². The first kappa shape index (κ1) is 15.0. The van der Waals surface area contributed by atoms with E-state index >= 15 is 0 Å². The summed E-state index contributed by atoms with van der Waals surface area (Å²) in [5, 5.41) is 12.2. The largest absolute Gasteiger partial charge is 0.398 e. The summed E-state index contributed by atoms with van der Waals surface area (Å²) in [6.45, 7) is 10.6. The normalized spacial score (nSPS) is 13.5. The number of halogens is 1. The zero-order valence-electron chi connectivity index (χ0n) is 12.5. The highest BCUT2D eigenvalue weighted by molar-refractivity contribution is 9.10. The van der Waals surface area contributed by atoms with Crippen molar-refractivity contribution in [1.29, 1.82) is 0 Å². The maximum Gasteiger partial charge on any atom is 0.182 e. The Morgan fingerprint density at radius 1 is 1.30 bits per heavy atom. The number of benzene rings is 1. The van der Waals surface area contributed by atoms with E-state index in [1.807, 2.05) is 23.7 Å². The highest BCUT2D eigenvalue weighted by Crippen LogP contribution is 2.35. The molecule has 1 aromatic heterocycles. The smallest absolute Gasteiger partial charge is 0.182 e. The van der Waals surface area contributed by atoms with Crippen LogP contribution >= 0.6 is 15.9 Å². The Balaban J connectivity index is 2.59. The van der Waals surface area contributed by atoms with Crippen LogP contribution in [0.2, 0.25) is 0 Å². The minimum Gasteiger partial charge on any atom is -0.398 e. The van der Waals surface area contributed by atoms with Gasteiger partial charge < -0.3 is 5.73 Å². The van der Waals surface area contributed by atoms with Gasteiger partial charge in [0.1, 0.15) is 0 Å². The quantitative estimate of drug-likeness (QED) is 0.850. The van der Waals surface area contributed by atoms with Crippen LogP contribution in [0, 0.1) is 12.3 Å². The molecule has 0 saturated heterocycles. The fourth-order valence-corrected chi connectivity index (χ4v) is 2.41. The fraction of sp³-hybridized carbons (Fsp3) is 0.500. The van der Waals surface area contributed by atoms with Gasteiger partial charge in [-0.1, -0.05) is 36.7 Å². The molecule has 0 amide bonds. The predicted molar refractivity (Wildman–Crippen MR) is 84.3 cm³/mol. The van der Waals surface area contributed by atoms with Gasteiger partial charge in [0.05, 0.1) is 6.04 Å². The van der Waals surface area contributed by atoms with Crippen LogP contribution in [0.25, 0.3) is 11.4 Å². The monoisotopic (exact) mass is 337 g/mol. The van der Waals surface area contributed by atoms with Crippen molar-refractivity contribution in [2.45, 2.75) is 40.7 Å². The molecule has 0 spiro atoms. The summed E-state index contributed by atoms with van der Waals surface area (Å²) < 4.78 is 2.79. The van der Waals surface area contributed by atoms with Crippen molar-refractivity contribution in [2.24, 2.45) is 5.41 Å². The van der Waals surface area contributed by atoms with Crippen molar-refractivity contribution >= 4 is 21.6 Å². The highest BCUT2D eigenvalue weighted by atomic mass is 79.9.